The Hall–Kier alpha value is -7.46. The van der Waals surface area contributed by atoms with Crippen LogP contribution in [0.3, 0.4) is 0 Å². The third-order valence-corrected chi connectivity index (χ3v) is 15.6. The molecular formula is C54H31BN4O2S2. The Labute approximate surface area is 372 Å². The lowest BCUT2D eigenvalue weighted by Gasteiger charge is -2.46. The lowest BCUT2D eigenvalue weighted by molar-refractivity contribution is 0.471. The minimum Gasteiger partial charge on any atom is -0.456 e. The fourth-order valence-electron chi connectivity index (χ4n) is 10.6. The summed E-state index contributed by atoms with van der Waals surface area (Å²) in [5.74, 6) is 3.31. The molecule has 6 nitrogen and oxygen atoms in total. The monoisotopic (exact) mass is 842 g/mol. The summed E-state index contributed by atoms with van der Waals surface area (Å²) in [7, 11) is 0. The van der Waals surface area contributed by atoms with Gasteiger partial charge in [-0.2, -0.15) is 0 Å². The second kappa shape index (κ2) is 12.6. The van der Waals surface area contributed by atoms with Crippen molar-refractivity contribution in [2.45, 2.75) is 19.6 Å². The van der Waals surface area contributed by atoms with Crippen molar-refractivity contribution in [2.75, 3.05) is 19.6 Å². The molecule has 0 unspecified atom stereocenters. The van der Waals surface area contributed by atoms with Gasteiger partial charge in [-0.3, -0.25) is 0 Å². The number of para-hydroxylation sites is 2. The van der Waals surface area contributed by atoms with Gasteiger partial charge in [-0.15, -0.1) is 0 Å². The first-order chi connectivity index (χ1) is 31.2. The van der Waals surface area contributed by atoms with E-state index >= 15 is 0 Å². The third-order valence-electron chi connectivity index (χ3n) is 13.1. The van der Waals surface area contributed by atoms with Crippen molar-refractivity contribution in [2.24, 2.45) is 0 Å². The van der Waals surface area contributed by atoms with Crippen LogP contribution < -0.4 is 45.5 Å². The van der Waals surface area contributed by atoms with Crippen molar-refractivity contribution < 1.29 is 9.47 Å². The maximum Gasteiger partial charge on any atom is 0.252 e. The molecular weight excluding hydrogens is 812 g/mol. The Morgan fingerprint density at radius 2 is 0.698 bits per heavy atom. The number of anilines is 12. The van der Waals surface area contributed by atoms with Gasteiger partial charge < -0.3 is 29.1 Å². The SMILES string of the molecule is c1ccc(N2c3cccc4c3Sc3c2cccc3N2c3cc(ccc3B3c5ccc6cc5N(c5cccc7c5Sc5c(cccc5N7c5ccccc5)O6)c5cccc2c53)O4)cc1. The fourth-order valence-corrected chi connectivity index (χ4v) is 13.0. The van der Waals surface area contributed by atoms with Gasteiger partial charge in [0, 0.05) is 46.3 Å². The largest absolute Gasteiger partial charge is 0.456 e. The molecule has 6 aliphatic heterocycles. The molecule has 63 heavy (non-hydrogen) atoms. The van der Waals surface area contributed by atoms with E-state index in [9.17, 15) is 0 Å². The number of hydrogen-bond donors (Lipinski definition) is 0. The average Bonchev–Trinajstić information content (AvgIpc) is 3.33. The Balaban J connectivity index is 1.01. The molecule has 6 aliphatic rings. The van der Waals surface area contributed by atoms with Crippen LogP contribution in [0.25, 0.3) is 0 Å². The molecule has 9 aromatic carbocycles. The Bertz CT molecular complexity index is 3250. The summed E-state index contributed by atoms with van der Waals surface area (Å²) in [6.45, 7) is -0.0542. The van der Waals surface area contributed by atoms with Crippen LogP contribution in [-0.4, -0.2) is 6.71 Å². The van der Waals surface area contributed by atoms with E-state index < -0.39 is 0 Å². The van der Waals surface area contributed by atoms with Crippen LogP contribution in [0.2, 0.25) is 0 Å². The molecule has 0 saturated heterocycles. The third kappa shape index (κ3) is 4.62. The zero-order chi connectivity index (χ0) is 40.9. The van der Waals surface area contributed by atoms with Gasteiger partial charge in [-0.25, -0.2) is 0 Å². The van der Waals surface area contributed by atoms with Gasteiger partial charge in [0.1, 0.15) is 23.0 Å². The molecule has 9 heteroatoms. The van der Waals surface area contributed by atoms with Crippen molar-refractivity contribution in [3.05, 3.63) is 188 Å². The maximum atomic E-state index is 6.94. The molecule has 6 heterocycles. The summed E-state index contributed by atoms with van der Waals surface area (Å²) in [5.41, 5.74) is 17.2. The van der Waals surface area contributed by atoms with Crippen molar-refractivity contribution in [1.29, 1.82) is 0 Å². The highest BCUT2D eigenvalue weighted by molar-refractivity contribution is 8.00. The van der Waals surface area contributed by atoms with Crippen LogP contribution >= 0.6 is 23.5 Å². The number of fused-ring (bicyclic) bond motifs is 8. The van der Waals surface area contributed by atoms with Crippen LogP contribution in [0.1, 0.15) is 0 Å². The minimum absolute atomic E-state index is 0.0542. The van der Waals surface area contributed by atoms with Gasteiger partial charge >= 0.3 is 0 Å². The first kappa shape index (κ1) is 34.2. The van der Waals surface area contributed by atoms with Crippen molar-refractivity contribution in [3.8, 4) is 23.0 Å². The van der Waals surface area contributed by atoms with Gasteiger partial charge in [0.15, 0.2) is 0 Å². The van der Waals surface area contributed by atoms with Gasteiger partial charge in [0.25, 0.3) is 6.71 Å². The number of hydrogen-bond acceptors (Lipinski definition) is 8. The molecule has 0 N–H and O–H groups in total. The Morgan fingerprint density at radius 1 is 0.317 bits per heavy atom. The van der Waals surface area contributed by atoms with Crippen molar-refractivity contribution >= 4 is 115 Å². The standard InChI is InChI=1S/C54H31BN4O2S2/c1-3-12-32(13-4-1)56-40-18-8-20-42-51(40)62-53-44(56)22-10-24-48(53)60-34-26-28-36-46(30-34)58(42)38-16-7-17-39-50(38)55(36)37-29-27-35-31-47(37)59(39)43-21-9-19-41-52(43)63-54-45(23-11-25-49(54)61-35)57(41)33-14-5-2-6-15-33/h1-31H. The zero-order valence-corrected chi connectivity index (χ0v) is 35.0. The van der Waals surface area contributed by atoms with Gasteiger partial charge in [-0.1, -0.05) is 102 Å². The van der Waals surface area contributed by atoms with E-state index in [1.807, 2.05) is 0 Å². The van der Waals surface area contributed by atoms with Crippen LogP contribution in [0.15, 0.2) is 208 Å². The predicted molar refractivity (Wildman–Crippen MR) is 258 cm³/mol. The van der Waals surface area contributed by atoms with Gasteiger partial charge in [-0.05, 0) is 113 Å². The quantitative estimate of drug-likeness (QED) is 0.159. The summed E-state index contributed by atoms with van der Waals surface area (Å²) in [4.78, 5) is 14.3. The molecule has 0 aliphatic carbocycles. The first-order valence-corrected chi connectivity index (χ1v) is 22.8. The van der Waals surface area contributed by atoms with Crippen molar-refractivity contribution in [3.63, 3.8) is 0 Å². The van der Waals surface area contributed by atoms with Crippen LogP contribution in [-0.2, 0) is 0 Å². The Morgan fingerprint density at radius 3 is 1.14 bits per heavy atom. The number of ether oxygens (including phenoxy) is 2. The lowest BCUT2D eigenvalue weighted by atomic mass is 9.33. The molecule has 0 amide bonds. The highest BCUT2D eigenvalue weighted by Gasteiger charge is 2.46. The highest BCUT2D eigenvalue weighted by Crippen LogP contribution is 2.62. The van der Waals surface area contributed by atoms with E-state index in [1.165, 1.54) is 26.2 Å². The maximum absolute atomic E-state index is 6.94. The van der Waals surface area contributed by atoms with Crippen LogP contribution in [0.4, 0.5) is 68.2 Å². The smallest absolute Gasteiger partial charge is 0.252 e. The second-order valence-electron chi connectivity index (χ2n) is 16.5. The second-order valence-corrected chi connectivity index (χ2v) is 18.5. The summed E-state index contributed by atoms with van der Waals surface area (Å²) in [6.07, 6.45) is 0. The molecule has 9 aromatic rings. The zero-order valence-electron chi connectivity index (χ0n) is 33.4. The average molecular weight is 843 g/mol. The van der Waals surface area contributed by atoms with E-state index in [0.717, 1.165) is 101 Å². The van der Waals surface area contributed by atoms with Crippen LogP contribution in [0, 0.1) is 0 Å². The van der Waals surface area contributed by atoms with E-state index in [4.69, 9.17) is 9.47 Å². The van der Waals surface area contributed by atoms with Gasteiger partial charge in [0.2, 0.25) is 0 Å². The summed E-state index contributed by atoms with van der Waals surface area (Å²) < 4.78 is 13.9. The summed E-state index contributed by atoms with van der Waals surface area (Å²) >= 11 is 3.60. The normalized spacial score (nSPS) is 14.6. The fraction of sp³-hybridized carbons (Fsp3) is 0. The summed E-state index contributed by atoms with van der Waals surface area (Å²) in [6, 6.07) is 68.0. The molecule has 15 rings (SSSR count). The predicted octanol–water partition coefficient (Wildman–Crippen LogP) is 13.8. The molecule has 0 atom stereocenters. The highest BCUT2D eigenvalue weighted by atomic mass is 32.2. The molecule has 0 spiro atoms. The number of benzene rings is 9. The minimum atomic E-state index is -0.0542. The molecule has 8 bridgehead atoms. The molecule has 0 saturated carbocycles. The number of nitrogens with zero attached hydrogens (tertiary/aromatic N) is 4. The molecule has 0 fully saturated rings. The first-order valence-electron chi connectivity index (χ1n) is 21.2. The van der Waals surface area contributed by atoms with E-state index in [0.29, 0.717) is 0 Å². The Kier molecular flexibility index (Phi) is 6.82. The van der Waals surface area contributed by atoms with E-state index in [1.54, 1.807) is 23.5 Å². The van der Waals surface area contributed by atoms with Crippen LogP contribution in [0.5, 0.6) is 23.0 Å². The lowest BCUT2D eigenvalue weighted by Crippen LogP contribution is -2.61. The van der Waals surface area contributed by atoms with Crippen molar-refractivity contribution in [1.82, 2.24) is 0 Å². The number of rotatable bonds is 2. The topological polar surface area (TPSA) is 31.4 Å². The molecule has 0 aromatic heterocycles. The van der Waals surface area contributed by atoms with Gasteiger partial charge in [0.05, 0.1) is 53.7 Å². The molecule has 0 radical (unpaired) electrons. The molecule has 294 valence electrons. The van der Waals surface area contributed by atoms with E-state index in [-0.39, 0.29) is 6.71 Å². The van der Waals surface area contributed by atoms with E-state index in [2.05, 4.69) is 208 Å². The summed E-state index contributed by atoms with van der Waals surface area (Å²) in [5, 5.41) is 0.